The number of benzene rings is 2. The highest BCUT2D eigenvalue weighted by Gasteiger charge is 2.60. The number of thiazole rings is 1. The van der Waals surface area contributed by atoms with Crippen LogP contribution in [-0.4, -0.2) is 55.2 Å². The zero-order chi connectivity index (χ0) is 26.7. The Morgan fingerprint density at radius 2 is 1.87 bits per heavy atom. The Hall–Kier alpha value is -3.45. The van der Waals surface area contributed by atoms with Gasteiger partial charge in [-0.15, -0.1) is 24.0 Å². The summed E-state index contributed by atoms with van der Waals surface area (Å²) in [6.07, 6.45) is -1.35. The SMILES string of the molecule is CC(=O)NC[C@H]1CN(c2cc(F)c(N3C[C@@H]4C(C(=O)Nc5ccc6nc(S)sc6c5)[C@@H]4C3)c(F)c2)C(=O)O1. The van der Waals surface area contributed by atoms with E-state index in [0.29, 0.717) is 23.1 Å². The van der Waals surface area contributed by atoms with Gasteiger partial charge in [-0.1, -0.05) is 0 Å². The quantitative estimate of drug-likeness (QED) is 0.399. The van der Waals surface area contributed by atoms with Crippen LogP contribution in [0.3, 0.4) is 0 Å². The average Bonchev–Trinajstić information content (AvgIpc) is 3.16. The van der Waals surface area contributed by atoms with E-state index in [0.717, 1.165) is 27.2 Å². The summed E-state index contributed by atoms with van der Waals surface area (Å²) in [5.41, 5.74) is 1.37. The fraction of sp³-hybridized carbons (Fsp3) is 0.360. The topological polar surface area (TPSA) is 104 Å². The molecule has 38 heavy (non-hydrogen) atoms. The number of rotatable bonds is 6. The molecule has 13 heteroatoms. The van der Waals surface area contributed by atoms with Gasteiger partial charge in [-0.2, -0.15) is 0 Å². The van der Waals surface area contributed by atoms with Crippen LogP contribution in [0.1, 0.15) is 6.92 Å². The first-order chi connectivity index (χ1) is 18.2. The summed E-state index contributed by atoms with van der Waals surface area (Å²) in [4.78, 5) is 43.2. The highest BCUT2D eigenvalue weighted by atomic mass is 32.2. The number of amides is 3. The fourth-order valence-corrected chi connectivity index (χ4v) is 6.57. The van der Waals surface area contributed by atoms with Crippen molar-refractivity contribution in [2.75, 3.05) is 41.3 Å². The molecule has 2 aromatic carbocycles. The van der Waals surface area contributed by atoms with Gasteiger partial charge in [-0.05, 0) is 30.0 Å². The number of nitrogens with one attached hydrogen (secondary N) is 2. The molecule has 4 atom stereocenters. The summed E-state index contributed by atoms with van der Waals surface area (Å²) in [6, 6.07) is 7.71. The molecule has 3 amide bonds. The Morgan fingerprint density at radius 1 is 1.16 bits per heavy atom. The summed E-state index contributed by atoms with van der Waals surface area (Å²) >= 11 is 5.69. The number of halogens is 2. The monoisotopic (exact) mass is 559 g/mol. The van der Waals surface area contributed by atoms with Crippen LogP contribution in [0, 0.1) is 29.4 Å². The van der Waals surface area contributed by atoms with E-state index in [2.05, 4.69) is 28.2 Å². The Bertz CT molecular complexity index is 1450. The third-order valence-electron chi connectivity index (χ3n) is 7.22. The van der Waals surface area contributed by atoms with Gasteiger partial charge in [-0.3, -0.25) is 14.5 Å². The zero-order valence-corrected chi connectivity index (χ0v) is 21.8. The minimum Gasteiger partial charge on any atom is -0.442 e. The second-order valence-corrected chi connectivity index (χ2v) is 11.5. The molecule has 3 fully saturated rings. The Labute approximate surface area is 225 Å². The first kappa shape index (κ1) is 24.9. The normalized spacial score (nSPS) is 23.9. The molecule has 0 radical (unpaired) electrons. The van der Waals surface area contributed by atoms with Crippen molar-refractivity contribution < 1.29 is 27.9 Å². The maximum absolute atomic E-state index is 15.1. The maximum Gasteiger partial charge on any atom is 0.414 e. The van der Waals surface area contributed by atoms with Crippen LogP contribution in [-0.2, 0) is 14.3 Å². The van der Waals surface area contributed by atoms with E-state index in [4.69, 9.17) is 4.74 Å². The number of cyclic esters (lactones) is 1. The van der Waals surface area contributed by atoms with E-state index >= 15 is 8.78 Å². The number of thiol groups is 1. The van der Waals surface area contributed by atoms with Crippen LogP contribution in [0.15, 0.2) is 34.7 Å². The van der Waals surface area contributed by atoms with Gasteiger partial charge in [0, 0.05) is 43.8 Å². The highest BCUT2D eigenvalue weighted by Crippen LogP contribution is 2.53. The largest absolute Gasteiger partial charge is 0.442 e. The second kappa shape index (κ2) is 9.38. The van der Waals surface area contributed by atoms with Crippen molar-refractivity contribution in [3.8, 4) is 0 Å². The predicted octanol–water partition coefficient (Wildman–Crippen LogP) is 3.65. The third-order valence-corrected chi connectivity index (χ3v) is 8.42. The van der Waals surface area contributed by atoms with Crippen LogP contribution < -0.4 is 20.4 Å². The molecule has 0 spiro atoms. The number of aromatic nitrogens is 1. The van der Waals surface area contributed by atoms with E-state index in [1.54, 1.807) is 11.0 Å². The van der Waals surface area contributed by atoms with E-state index in [1.807, 2.05) is 12.1 Å². The Morgan fingerprint density at radius 3 is 2.55 bits per heavy atom. The molecule has 2 aliphatic heterocycles. The molecule has 1 unspecified atom stereocenters. The zero-order valence-electron chi connectivity index (χ0n) is 20.1. The van der Waals surface area contributed by atoms with Crippen LogP contribution in [0.2, 0.25) is 0 Å². The number of carbonyl (C=O) groups is 3. The minimum atomic E-state index is -0.790. The molecule has 198 valence electrons. The van der Waals surface area contributed by atoms with Crippen molar-refractivity contribution in [1.29, 1.82) is 0 Å². The molecule has 1 aromatic heterocycles. The lowest BCUT2D eigenvalue weighted by atomic mass is 10.2. The smallest absolute Gasteiger partial charge is 0.414 e. The standard InChI is InChI=1S/C25H23F2N5O4S2/c1-11(33)28-7-14-8-32(25(35)36-14)13-5-17(26)22(18(27)6-13)31-9-15-16(10-31)21(15)23(34)29-12-2-3-19-20(4-12)38-24(37)30-19/h2-6,14-16,21H,7-10H2,1H3,(H,28,33)(H,29,34)(H,30,37)/t14-,15-,16+,21?/m0/s1. The van der Waals surface area contributed by atoms with Crippen molar-refractivity contribution in [1.82, 2.24) is 10.3 Å². The molecule has 1 aliphatic carbocycles. The highest BCUT2D eigenvalue weighted by molar-refractivity contribution is 7.82. The lowest BCUT2D eigenvalue weighted by Gasteiger charge is -2.24. The van der Waals surface area contributed by atoms with Crippen molar-refractivity contribution in [2.45, 2.75) is 17.4 Å². The van der Waals surface area contributed by atoms with Crippen molar-refractivity contribution in [3.05, 3.63) is 42.0 Å². The van der Waals surface area contributed by atoms with Crippen LogP contribution in [0.25, 0.3) is 10.2 Å². The summed E-state index contributed by atoms with van der Waals surface area (Å²) in [7, 11) is 0. The second-order valence-electron chi connectivity index (χ2n) is 9.74. The first-order valence-corrected chi connectivity index (χ1v) is 13.3. The number of carbonyl (C=O) groups excluding carboxylic acids is 3. The molecular weight excluding hydrogens is 536 g/mol. The number of fused-ring (bicyclic) bond motifs is 2. The molecule has 6 rings (SSSR count). The third kappa shape index (κ3) is 4.53. The van der Waals surface area contributed by atoms with Gasteiger partial charge >= 0.3 is 6.09 Å². The number of hydrogen-bond donors (Lipinski definition) is 3. The molecule has 3 heterocycles. The molecule has 2 saturated heterocycles. The number of hydrogen-bond acceptors (Lipinski definition) is 8. The summed E-state index contributed by atoms with van der Waals surface area (Å²) in [5.74, 6) is -2.15. The molecule has 0 bridgehead atoms. The van der Waals surface area contributed by atoms with Gasteiger partial charge in [-0.25, -0.2) is 18.6 Å². The average molecular weight is 560 g/mol. The van der Waals surface area contributed by atoms with E-state index < -0.39 is 23.8 Å². The predicted molar refractivity (Wildman–Crippen MR) is 141 cm³/mol. The van der Waals surface area contributed by atoms with Crippen LogP contribution in [0.4, 0.5) is 30.6 Å². The maximum atomic E-state index is 15.1. The fourth-order valence-electron chi connectivity index (χ4n) is 5.42. The number of ether oxygens (including phenoxy) is 1. The molecule has 1 saturated carbocycles. The first-order valence-electron chi connectivity index (χ1n) is 12.0. The van der Waals surface area contributed by atoms with Gasteiger partial charge in [0.15, 0.2) is 11.6 Å². The van der Waals surface area contributed by atoms with Gasteiger partial charge in [0.05, 0.1) is 29.0 Å². The lowest BCUT2D eigenvalue weighted by molar-refractivity contribution is -0.119. The molecule has 2 N–H and O–H groups in total. The molecule has 9 nitrogen and oxygen atoms in total. The summed E-state index contributed by atoms with van der Waals surface area (Å²) < 4.78 is 37.0. The van der Waals surface area contributed by atoms with Gasteiger partial charge in [0.25, 0.3) is 0 Å². The molecule has 3 aromatic rings. The van der Waals surface area contributed by atoms with Crippen molar-refractivity contribution in [3.63, 3.8) is 0 Å². The number of nitrogens with zero attached hydrogens (tertiary/aromatic N) is 3. The lowest BCUT2D eigenvalue weighted by Crippen LogP contribution is -2.33. The van der Waals surface area contributed by atoms with Gasteiger partial charge < -0.3 is 20.3 Å². The number of anilines is 3. The van der Waals surface area contributed by atoms with Gasteiger partial charge in [0.2, 0.25) is 11.8 Å². The molecular formula is C25H23F2N5O4S2. The minimum absolute atomic E-state index is 0.00718. The van der Waals surface area contributed by atoms with E-state index in [-0.39, 0.29) is 54.0 Å². The van der Waals surface area contributed by atoms with Crippen molar-refractivity contribution >= 4 is 69.2 Å². The number of piperidine rings is 1. The Balaban J connectivity index is 1.09. The van der Waals surface area contributed by atoms with Crippen molar-refractivity contribution in [2.24, 2.45) is 17.8 Å². The summed E-state index contributed by atoms with van der Waals surface area (Å²) in [6.45, 7) is 2.24. The van der Waals surface area contributed by atoms with Gasteiger partial charge in [0.1, 0.15) is 16.1 Å². The van der Waals surface area contributed by atoms with E-state index in [9.17, 15) is 14.4 Å². The van der Waals surface area contributed by atoms with Crippen LogP contribution in [0.5, 0.6) is 0 Å². The van der Waals surface area contributed by atoms with Crippen LogP contribution >= 0.6 is 24.0 Å². The Kier molecular flexibility index (Phi) is 6.14. The molecule has 3 aliphatic rings. The van der Waals surface area contributed by atoms with E-state index in [1.165, 1.54) is 18.3 Å². The summed E-state index contributed by atoms with van der Waals surface area (Å²) in [5, 5.41) is 5.51.